The molecule has 0 saturated carbocycles. The zero-order valence-corrected chi connectivity index (χ0v) is 16.1. The Balaban J connectivity index is 1.86. The molecule has 0 radical (unpaired) electrons. The van der Waals surface area contributed by atoms with Crippen molar-refractivity contribution in [3.8, 4) is 5.75 Å². The van der Waals surface area contributed by atoms with E-state index in [0.29, 0.717) is 23.9 Å². The number of benzene rings is 1. The van der Waals surface area contributed by atoms with Crippen LogP contribution in [0.15, 0.2) is 18.2 Å². The zero-order chi connectivity index (χ0) is 19.4. The largest absolute Gasteiger partial charge is 0.497 e. The lowest BCUT2D eigenvalue weighted by atomic mass is 10.0. The third kappa shape index (κ3) is 4.42. The van der Waals surface area contributed by atoms with Crippen molar-refractivity contribution in [3.05, 3.63) is 23.9 Å². The summed E-state index contributed by atoms with van der Waals surface area (Å²) in [5.41, 5.74) is 1.43. The van der Waals surface area contributed by atoms with Gasteiger partial charge in [-0.1, -0.05) is 6.92 Å². The summed E-state index contributed by atoms with van der Waals surface area (Å²) in [7, 11) is 1.58. The molecule has 0 spiro atoms. The van der Waals surface area contributed by atoms with E-state index in [1.807, 2.05) is 6.07 Å². The lowest BCUT2D eigenvalue weighted by molar-refractivity contribution is -0.117. The molecule has 2 heterocycles. The number of ether oxygens (including phenoxy) is 2. The highest BCUT2D eigenvalue weighted by molar-refractivity contribution is 6.11. The Morgan fingerprint density at radius 2 is 2.19 bits per heavy atom. The fourth-order valence-corrected chi connectivity index (χ4v) is 3.60. The van der Waals surface area contributed by atoms with E-state index in [1.165, 1.54) is 6.42 Å². The molecule has 7 nitrogen and oxygen atoms in total. The van der Waals surface area contributed by atoms with Gasteiger partial charge in [0.25, 0.3) is 0 Å². The summed E-state index contributed by atoms with van der Waals surface area (Å²) in [5.74, 6) is 0.615. The monoisotopic (exact) mass is 373 g/mol. The first-order valence-corrected chi connectivity index (χ1v) is 9.40. The number of esters is 1. The number of anilines is 1. The molecule has 7 heteroatoms. The van der Waals surface area contributed by atoms with Gasteiger partial charge in [0.1, 0.15) is 11.4 Å². The van der Waals surface area contributed by atoms with Gasteiger partial charge in [0, 0.05) is 17.4 Å². The molecule has 1 aliphatic rings. The minimum Gasteiger partial charge on any atom is -0.497 e. The predicted octanol–water partition coefficient (Wildman–Crippen LogP) is 3.02. The van der Waals surface area contributed by atoms with Crippen molar-refractivity contribution in [2.75, 3.05) is 38.7 Å². The Kier molecular flexibility index (Phi) is 6.01. The number of nitrogens with zero attached hydrogens (tertiary/aromatic N) is 1. The fourth-order valence-electron chi connectivity index (χ4n) is 3.60. The highest BCUT2D eigenvalue weighted by Gasteiger charge is 2.23. The molecule has 2 N–H and O–H groups in total. The normalized spacial score (nSPS) is 17.7. The highest BCUT2D eigenvalue weighted by atomic mass is 16.5. The molecule has 0 aliphatic carbocycles. The first-order valence-electron chi connectivity index (χ1n) is 9.40. The number of aromatic nitrogens is 1. The molecule has 1 unspecified atom stereocenters. The number of carbonyl (C=O) groups is 2. The number of likely N-dealkylation sites (tertiary alicyclic amines) is 1. The number of carbonyl (C=O) groups excluding carboxylic acids is 2. The average Bonchev–Trinajstić information content (AvgIpc) is 2.99. The maximum absolute atomic E-state index is 12.7. The van der Waals surface area contributed by atoms with E-state index in [-0.39, 0.29) is 18.2 Å². The summed E-state index contributed by atoms with van der Waals surface area (Å²) in [5, 5.41) is 3.64. The minimum atomic E-state index is -0.491. The number of nitrogens with one attached hydrogen (secondary N) is 2. The first-order chi connectivity index (χ1) is 13.0. The van der Waals surface area contributed by atoms with Gasteiger partial charge in [-0.05, 0) is 50.4 Å². The van der Waals surface area contributed by atoms with Crippen molar-refractivity contribution in [1.29, 1.82) is 0 Å². The van der Waals surface area contributed by atoms with Gasteiger partial charge in [0.15, 0.2) is 0 Å². The van der Waals surface area contributed by atoms with Crippen LogP contribution in [-0.4, -0.2) is 55.1 Å². The molecule has 1 atom stereocenters. The minimum absolute atomic E-state index is 0.140. The Bertz CT molecular complexity index is 830. The number of aromatic amines is 1. The van der Waals surface area contributed by atoms with E-state index in [4.69, 9.17) is 9.47 Å². The van der Waals surface area contributed by atoms with Crippen molar-refractivity contribution < 1.29 is 19.1 Å². The summed E-state index contributed by atoms with van der Waals surface area (Å²) in [6, 6.07) is 5.42. The van der Waals surface area contributed by atoms with E-state index >= 15 is 0 Å². The molecule has 1 fully saturated rings. The maximum atomic E-state index is 12.7. The average molecular weight is 373 g/mol. The smallest absolute Gasteiger partial charge is 0.356 e. The standard InChI is InChI=1S/C20H27N3O4/c1-4-27-20(25)19-18(15-10-14(26-3)7-8-16(15)21-19)22-17(24)12-23-9-5-6-13(2)11-23/h7-8,10,13,21H,4-6,9,11-12H2,1-3H3,(H,22,24). The number of fused-ring (bicyclic) bond motifs is 1. The predicted molar refractivity (Wildman–Crippen MR) is 104 cm³/mol. The van der Waals surface area contributed by atoms with Gasteiger partial charge >= 0.3 is 5.97 Å². The van der Waals surface area contributed by atoms with Gasteiger partial charge in [0.2, 0.25) is 5.91 Å². The van der Waals surface area contributed by atoms with Gasteiger partial charge in [-0.15, -0.1) is 0 Å². The molecule has 1 aliphatic heterocycles. The second-order valence-corrected chi connectivity index (χ2v) is 7.04. The number of hydrogen-bond acceptors (Lipinski definition) is 5. The number of H-pyrrole nitrogens is 1. The van der Waals surface area contributed by atoms with Crippen molar-refractivity contribution in [2.45, 2.75) is 26.7 Å². The SMILES string of the molecule is CCOC(=O)c1[nH]c2ccc(OC)cc2c1NC(=O)CN1CCCC(C)C1. The van der Waals surface area contributed by atoms with Gasteiger partial charge in [-0.3, -0.25) is 9.69 Å². The molecule has 1 saturated heterocycles. The Morgan fingerprint density at radius 1 is 1.37 bits per heavy atom. The Labute approximate surface area is 159 Å². The lowest BCUT2D eigenvalue weighted by Crippen LogP contribution is -2.39. The molecular formula is C20H27N3O4. The van der Waals surface area contributed by atoms with Crippen LogP contribution in [0.1, 0.15) is 37.2 Å². The number of amides is 1. The summed E-state index contributed by atoms with van der Waals surface area (Å²) >= 11 is 0. The summed E-state index contributed by atoms with van der Waals surface area (Å²) in [6.45, 7) is 6.36. The van der Waals surface area contributed by atoms with E-state index in [0.717, 1.165) is 30.4 Å². The summed E-state index contributed by atoms with van der Waals surface area (Å²) < 4.78 is 10.4. The number of piperidine rings is 1. The molecule has 0 bridgehead atoms. The van der Waals surface area contributed by atoms with E-state index in [1.54, 1.807) is 26.2 Å². The highest BCUT2D eigenvalue weighted by Crippen LogP contribution is 2.31. The molecule has 27 heavy (non-hydrogen) atoms. The van der Waals surface area contributed by atoms with Crippen molar-refractivity contribution in [3.63, 3.8) is 0 Å². The van der Waals surface area contributed by atoms with Gasteiger partial charge in [0.05, 0.1) is 25.9 Å². The van der Waals surface area contributed by atoms with Crippen LogP contribution in [0.4, 0.5) is 5.69 Å². The molecule has 2 aromatic rings. The third-order valence-electron chi connectivity index (χ3n) is 4.86. The number of rotatable bonds is 6. The fraction of sp³-hybridized carbons (Fsp3) is 0.500. The lowest BCUT2D eigenvalue weighted by Gasteiger charge is -2.30. The van der Waals surface area contributed by atoms with Crippen LogP contribution in [-0.2, 0) is 9.53 Å². The van der Waals surface area contributed by atoms with Crippen LogP contribution in [0.5, 0.6) is 5.75 Å². The topological polar surface area (TPSA) is 83.7 Å². The molecule has 1 aromatic carbocycles. The number of methoxy groups -OCH3 is 1. The Morgan fingerprint density at radius 3 is 2.89 bits per heavy atom. The Hall–Kier alpha value is -2.54. The van der Waals surface area contributed by atoms with E-state index in [9.17, 15) is 9.59 Å². The molecule has 146 valence electrons. The maximum Gasteiger partial charge on any atom is 0.356 e. The third-order valence-corrected chi connectivity index (χ3v) is 4.86. The summed E-state index contributed by atoms with van der Waals surface area (Å²) in [6.07, 6.45) is 2.31. The second-order valence-electron chi connectivity index (χ2n) is 7.04. The van der Waals surface area contributed by atoms with Gasteiger partial charge < -0.3 is 19.8 Å². The van der Waals surface area contributed by atoms with Crippen molar-refractivity contribution in [2.24, 2.45) is 5.92 Å². The molecule has 1 aromatic heterocycles. The van der Waals surface area contributed by atoms with Crippen LogP contribution in [0.3, 0.4) is 0 Å². The van der Waals surface area contributed by atoms with Crippen molar-refractivity contribution >= 4 is 28.5 Å². The van der Waals surface area contributed by atoms with E-state index in [2.05, 4.69) is 22.1 Å². The molecular weight excluding hydrogens is 346 g/mol. The molecule has 1 amide bonds. The van der Waals surface area contributed by atoms with E-state index < -0.39 is 5.97 Å². The van der Waals surface area contributed by atoms with Gasteiger partial charge in [-0.2, -0.15) is 0 Å². The van der Waals surface area contributed by atoms with Crippen LogP contribution >= 0.6 is 0 Å². The van der Waals surface area contributed by atoms with Crippen LogP contribution in [0.25, 0.3) is 10.9 Å². The molecule has 3 rings (SSSR count). The first kappa shape index (κ1) is 19.2. The van der Waals surface area contributed by atoms with Crippen LogP contribution in [0, 0.1) is 5.92 Å². The van der Waals surface area contributed by atoms with Crippen LogP contribution in [0.2, 0.25) is 0 Å². The quantitative estimate of drug-likeness (QED) is 0.761. The zero-order valence-electron chi connectivity index (χ0n) is 16.1. The number of hydrogen-bond donors (Lipinski definition) is 2. The van der Waals surface area contributed by atoms with Crippen molar-refractivity contribution in [1.82, 2.24) is 9.88 Å². The van der Waals surface area contributed by atoms with Gasteiger partial charge in [-0.25, -0.2) is 4.79 Å². The van der Waals surface area contributed by atoms with Crippen LogP contribution < -0.4 is 10.1 Å². The second kappa shape index (κ2) is 8.43. The summed E-state index contributed by atoms with van der Waals surface area (Å²) in [4.78, 5) is 30.2.